The molecule has 3 N–H and O–H groups in total. The SMILES string of the molecule is CC(C)(C)c1ccc(C(=O)N[C@H]2[C@H](c3ccc(S(N)(=O)=O)cc3)C2(C)C)cc1. The van der Waals surface area contributed by atoms with E-state index in [0.717, 1.165) is 5.56 Å². The Morgan fingerprint density at radius 3 is 2.00 bits per heavy atom. The first-order valence-electron chi connectivity index (χ1n) is 9.36. The van der Waals surface area contributed by atoms with E-state index < -0.39 is 10.0 Å². The molecular formula is C22H28N2O3S. The fraction of sp³-hybridized carbons (Fsp3) is 0.409. The van der Waals surface area contributed by atoms with Crippen LogP contribution < -0.4 is 10.5 Å². The van der Waals surface area contributed by atoms with Crippen LogP contribution in [0.2, 0.25) is 0 Å². The number of amides is 1. The zero-order chi connectivity index (χ0) is 20.9. The number of hydrogen-bond acceptors (Lipinski definition) is 3. The van der Waals surface area contributed by atoms with Crippen molar-refractivity contribution in [2.24, 2.45) is 10.6 Å². The molecule has 0 saturated heterocycles. The summed E-state index contributed by atoms with van der Waals surface area (Å²) < 4.78 is 22.9. The monoisotopic (exact) mass is 400 g/mol. The van der Waals surface area contributed by atoms with E-state index in [1.54, 1.807) is 12.1 Å². The number of nitrogens with one attached hydrogen (secondary N) is 1. The average Bonchev–Trinajstić information content (AvgIpc) is 3.13. The van der Waals surface area contributed by atoms with E-state index in [2.05, 4.69) is 39.9 Å². The first-order chi connectivity index (χ1) is 12.8. The van der Waals surface area contributed by atoms with Crippen LogP contribution in [0.3, 0.4) is 0 Å². The van der Waals surface area contributed by atoms with Gasteiger partial charge in [-0.05, 0) is 46.2 Å². The van der Waals surface area contributed by atoms with Crippen molar-refractivity contribution in [3.63, 3.8) is 0 Å². The fourth-order valence-corrected chi connectivity index (χ4v) is 4.26. The standard InChI is InChI=1S/C22H28N2O3S/c1-21(2,3)16-10-6-15(7-11-16)20(25)24-19-18(22(19,4)5)14-8-12-17(13-9-14)28(23,26)27/h6-13,18-19H,1-5H3,(H,24,25)(H2,23,26,27)/t18-,19-/m0/s1. The van der Waals surface area contributed by atoms with Crippen LogP contribution >= 0.6 is 0 Å². The Hall–Kier alpha value is -2.18. The number of primary sulfonamides is 1. The van der Waals surface area contributed by atoms with Crippen molar-refractivity contribution >= 4 is 15.9 Å². The van der Waals surface area contributed by atoms with Gasteiger partial charge in [0.05, 0.1) is 4.90 Å². The van der Waals surface area contributed by atoms with Gasteiger partial charge in [-0.3, -0.25) is 4.79 Å². The molecule has 0 radical (unpaired) electrons. The Morgan fingerprint density at radius 1 is 1.00 bits per heavy atom. The van der Waals surface area contributed by atoms with Gasteiger partial charge in [0.25, 0.3) is 5.91 Å². The second-order valence-electron chi connectivity index (χ2n) is 9.19. The maximum absolute atomic E-state index is 12.7. The smallest absolute Gasteiger partial charge is 0.251 e. The molecule has 0 bridgehead atoms. The molecule has 0 aliphatic heterocycles. The van der Waals surface area contributed by atoms with E-state index >= 15 is 0 Å². The van der Waals surface area contributed by atoms with Gasteiger partial charge in [0, 0.05) is 17.5 Å². The molecule has 0 unspecified atom stereocenters. The Kier molecular flexibility index (Phi) is 4.92. The highest BCUT2D eigenvalue weighted by molar-refractivity contribution is 7.89. The second-order valence-corrected chi connectivity index (χ2v) is 10.8. The third-order valence-electron chi connectivity index (χ3n) is 5.69. The lowest BCUT2D eigenvalue weighted by atomic mass is 9.87. The summed E-state index contributed by atoms with van der Waals surface area (Å²) >= 11 is 0. The summed E-state index contributed by atoms with van der Waals surface area (Å²) in [5.41, 5.74) is 2.75. The molecule has 150 valence electrons. The van der Waals surface area contributed by atoms with Gasteiger partial charge >= 0.3 is 0 Å². The highest BCUT2D eigenvalue weighted by Crippen LogP contribution is 2.58. The molecule has 0 spiro atoms. The van der Waals surface area contributed by atoms with E-state index in [1.807, 2.05) is 24.3 Å². The molecule has 0 aromatic heterocycles. The molecule has 2 atom stereocenters. The predicted octanol–water partition coefficient (Wildman–Crippen LogP) is 3.55. The van der Waals surface area contributed by atoms with Gasteiger partial charge in [0.1, 0.15) is 0 Å². The van der Waals surface area contributed by atoms with Gasteiger partial charge in [-0.1, -0.05) is 58.9 Å². The lowest BCUT2D eigenvalue weighted by Crippen LogP contribution is -2.29. The van der Waals surface area contributed by atoms with Crippen LogP contribution in [0.15, 0.2) is 53.4 Å². The maximum atomic E-state index is 12.7. The third kappa shape index (κ3) is 3.98. The molecule has 3 rings (SSSR count). The first kappa shape index (κ1) is 20.6. The number of nitrogens with two attached hydrogens (primary N) is 1. The molecule has 2 aromatic carbocycles. The Balaban J connectivity index is 1.73. The second kappa shape index (κ2) is 6.71. The molecule has 1 aliphatic rings. The largest absolute Gasteiger partial charge is 0.348 e. The van der Waals surface area contributed by atoms with Crippen molar-refractivity contribution in [3.8, 4) is 0 Å². The summed E-state index contributed by atoms with van der Waals surface area (Å²) in [6.07, 6.45) is 0. The van der Waals surface area contributed by atoms with Crippen LogP contribution in [0.4, 0.5) is 0 Å². The average molecular weight is 401 g/mol. The van der Waals surface area contributed by atoms with Crippen LogP contribution in [-0.4, -0.2) is 20.4 Å². The fourth-order valence-electron chi connectivity index (χ4n) is 3.74. The number of rotatable bonds is 4. The van der Waals surface area contributed by atoms with Gasteiger partial charge in [-0.25, -0.2) is 13.6 Å². The highest BCUT2D eigenvalue weighted by Gasteiger charge is 2.59. The van der Waals surface area contributed by atoms with Gasteiger partial charge in [0.15, 0.2) is 0 Å². The molecule has 2 aromatic rings. The number of benzene rings is 2. The van der Waals surface area contributed by atoms with E-state index in [4.69, 9.17) is 5.14 Å². The minimum Gasteiger partial charge on any atom is -0.348 e. The van der Waals surface area contributed by atoms with Crippen LogP contribution in [0.5, 0.6) is 0 Å². The van der Waals surface area contributed by atoms with Gasteiger partial charge in [-0.2, -0.15) is 0 Å². The topological polar surface area (TPSA) is 89.3 Å². The lowest BCUT2D eigenvalue weighted by molar-refractivity contribution is 0.0946. The number of carbonyl (C=O) groups excluding carboxylic acids is 1. The van der Waals surface area contributed by atoms with Crippen molar-refractivity contribution in [1.82, 2.24) is 5.32 Å². The predicted molar refractivity (Wildman–Crippen MR) is 111 cm³/mol. The van der Waals surface area contributed by atoms with Crippen molar-refractivity contribution in [2.75, 3.05) is 0 Å². The van der Waals surface area contributed by atoms with Gasteiger partial charge in [0.2, 0.25) is 10.0 Å². The first-order valence-corrected chi connectivity index (χ1v) is 10.9. The number of carbonyl (C=O) groups is 1. The lowest BCUT2D eigenvalue weighted by Gasteiger charge is -2.19. The van der Waals surface area contributed by atoms with Crippen molar-refractivity contribution in [2.45, 2.75) is 56.9 Å². The van der Waals surface area contributed by atoms with Crippen molar-refractivity contribution in [3.05, 3.63) is 65.2 Å². The molecular weight excluding hydrogens is 372 g/mol. The number of sulfonamides is 1. The van der Waals surface area contributed by atoms with Crippen LogP contribution in [0.1, 0.15) is 62.0 Å². The van der Waals surface area contributed by atoms with E-state index in [0.29, 0.717) is 5.56 Å². The summed E-state index contributed by atoms with van der Waals surface area (Å²) in [5, 5.41) is 8.29. The van der Waals surface area contributed by atoms with Gasteiger partial charge in [-0.15, -0.1) is 0 Å². The number of hydrogen-bond donors (Lipinski definition) is 2. The van der Waals surface area contributed by atoms with Crippen molar-refractivity contribution < 1.29 is 13.2 Å². The maximum Gasteiger partial charge on any atom is 0.251 e. The van der Waals surface area contributed by atoms with Crippen LogP contribution in [-0.2, 0) is 15.4 Å². The molecule has 28 heavy (non-hydrogen) atoms. The summed E-state index contributed by atoms with van der Waals surface area (Å²) in [7, 11) is -3.71. The minimum absolute atomic E-state index is 0.0115. The van der Waals surface area contributed by atoms with E-state index in [-0.39, 0.29) is 33.6 Å². The Labute approximate surface area is 167 Å². The van der Waals surface area contributed by atoms with Crippen molar-refractivity contribution in [1.29, 1.82) is 0 Å². The molecule has 5 nitrogen and oxygen atoms in total. The molecule has 1 aliphatic carbocycles. The van der Waals surface area contributed by atoms with Gasteiger partial charge < -0.3 is 5.32 Å². The zero-order valence-corrected chi connectivity index (χ0v) is 17.8. The van der Waals surface area contributed by atoms with Crippen LogP contribution in [0.25, 0.3) is 0 Å². The summed E-state index contributed by atoms with van der Waals surface area (Å²) in [6.45, 7) is 10.6. The highest BCUT2D eigenvalue weighted by atomic mass is 32.2. The molecule has 1 fully saturated rings. The summed E-state index contributed by atoms with van der Waals surface area (Å²) in [4.78, 5) is 12.8. The Bertz CT molecular complexity index is 986. The minimum atomic E-state index is -3.71. The summed E-state index contributed by atoms with van der Waals surface area (Å²) in [6, 6.07) is 14.3. The Morgan fingerprint density at radius 2 is 1.54 bits per heavy atom. The molecule has 6 heteroatoms. The third-order valence-corrected chi connectivity index (χ3v) is 6.62. The molecule has 1 amide bonds. The summed E-state index contributed by atoms with van der Waals surface area (Å²) in [5.74, 6) is 0.0296. The van der Waals surface area contributed by atoms with E-state index in [1.165, 1.54) is 17.7 Å². The molecule has 0 heterocycles. The van der Waals surface area contributed by atoms with Crippen LogP contribution in [0, 0.1) is 5.41 Å². The molecule has 1 saturated carbocycles. The quantitative estimate of drug-likeness (QED) is 0.822. The zero-order valence-electron chi connectivity index (χ0n) is 17.0. The van der Waals surface area contributed by atoms with E-state index in [9.17, 15) is 13.2 Å². The normalized spacial score (nSPS) is 21.2.